The van der Waals surface area contributed by atoms with Gasteiger partial charge in [-0.1, -0.05) is 24.6 Å². The third kappa shape index (κ3) is 3.21. The smallest absolute Gasteiger partial charge is 0.279 e. The first kappa shape index (κ1) is 17.7. The van der Waals surface area contributed by atoms with Crippen LogP contribution >= 0.6 is 0 Å². The van der Waals surface area contributed by atoms with E-state index in [2.05, 4.69) is 21.3 Å². The molecule has 3 aromatic heterocycles. The highest BCUT2D eigenvalue weighted by Gasteiger charge is 2.23. The largest absolute Gasteiger partial charge is 0.355 e. The first-order valence-corrected chi connectivity index (χ1v) is 9.21. The van der Waals surface area contributed by atoms with E-state index in [-0.39, 0.29) is 5.56 Å². The third-order valence-electron chi connectivity index (χ3n) is 5.11. The van der Waals surface area contributed by atoms with Gasteiger partial charge in [0.1, 0.15) is 23.7 Å². The first-order valence-electron chi connectivity index (χ1n) is 9.21. The third-order valence-corrected chi connectivity index (χ3v) is 5.11. The van der Waals surface area contributed by atoms with Gasteiger partial charge in [-0.05, 0) is 31.0 Å². The molecule has 0 aliphatic heterocycles. The normalized spacial score (nSPS) is 13.4. The van der Waals surface area contributed by atoms with Crippen LogP contribution in [0.15, 0.2) is 59.9 Å². The van der Waals surface area contributed by atoms with Gasteiger partial charge in [-0.25, -0.2) is 0 Å². The Labute approximate surface area is 161 Å². The van der Waals surface area contributed by atoms with Crippen molar-refractivity contribution < 1.29 is 0 Å². The fraction of sp³-hybridized carbons (Fsp3) is 0.238. The van der Waals surface area contributed by atoms with Crippen LogP contribution in [0.4, 0.5) is 0 Å². The molecule has 1 N–H and O–H groups in total. The molecular formula is C21H20N6O. The van der Waals surface area contributed by atoms with E-state index in [1.165, 1.54) is 19.3 Å². The number of aryl methyl sites for hydroxylation is 1. The predicted molar refractivity (Wildman–Crippen MR) is 106 cm³/mol. The van der Waals surface area contributed by atoms with Crippen LogP contribution in [0.1, 0.15) is 36.6 Å². The van der Waals surface area contributed by atoms with Crippen LogP contribution in [-0.4, -0.2) is 24.3 Å². The number of benzene rings is 1. The number of H-pyrrole nitrogens is 1. The fourth-order valence-electron chi connectivity index (χ4n) is 3.33. The van der Waals surface area contributed by atoms with Crippen molar-refractivity contribution in [2.75, 3.05) is 0 Å². The summed E-state index contributed by atoms with van der Waals surface area (Å²) in [7, 11) is 2.01. The number of rotatable bonds is 2. The molecule has 7 nitrogen and oxygen atoms in total. The van der Waals surface area contributed by atoms with Gasteiger partial charge in [-0.15, -0.1) is 10.2 Å². The number of para-hydroxylation sites is 1. The Hall–Kier alpha value is -3.66. The number of nitriles is 1. The number of hydrogen-bond acceptors (Lipinski definition) is 4. The van der Waals surface area contributed by atoms with Gasteiger partial charge in [-0.2, -0.15) is 5.26 Å². The Bertz CT molecular complexity index is 1190. The van der Waals surface area contributed by atoms with Gasteiger partial charge in [0.25, 0.3) is 5.56 Å². The van der Waals surface area contributed by atoms with Crippen molar-refractivity contribution in [2.45, 2.75) is 25.2 Å². The maximum Gasteiger partial charge on any atom is 0.279 e. The van der Waals surface area contributed by atoms with Gasteiger partial charge in [0.2, 0.25) is 0 Å². The molecule has 28 heavy (non-hydrogen) atoms. The lowest BCUT2D eigenvalue weighted by molar-refractivity contribution is 0.392. The van der Waals surface area contributed by atoms with Crippen molar-refractivity contribution in [3.05, 3.63) is 76.9 Å². The van der Waals surface area contributed by atoms with Crippen molar-refractivity contribution in [1.82, 2.24) is 24.3 Å². The van der Waals surface area contributed by atoms with E-state index in [0.717, 1.165) is 11.5 Å². The average Bonchev–Trinajstić information content (AvgIpc) is 3.29. The predicted octanol–water partition coefficient (Wildman–Crippen LogP) is 3.27. The SMILES string of the molecule is Cn1cnnc1C1CCC1.N#Cc1c[nH]c2c(=O)n(-c3ccccc3)ccc12. The summed E-state index contributed by atoms with van der Waals surface area (Å²) in [6, 6.07) is 13.2. The molecule has 1 aliphatic carbocycles. The van der Waals surface area contributed by atoms with Gasteiger partial charge in [0.05, 0.1) is 5.56 Å². The molecular weight excluding hydrogens is 352 g/mol. The summed E-state index contributed by atoms with van der Waals surface area (Å²) in [4.78, 5) is 15.1. The molecule has 1 aliphatic rings. The van der Waals surface area contributed by atoms with E-state index in [0.29, 0.717) is 22.4 Å². The molecule has 1 fully saturated rings. The van der Waals surface area contributed by atoms with E-state index in [1.807, 2.05) is 41.9 Å². The molecule has 1 aromatic carbocycles. The summed E-state index contributed by atoms with van der Waals surface area (Å²) < 4.78 is 3.57. The number of aromatic amines is 1. The molecule has 0 saturated heterocycles. The van der Waals surface area contributed by atoms with Gasteiger partial charge in [0, 0.05) is 36.4 Å². The standard InChI is InChI=1S/C14H9N3O.C7H11N3/c15-8-10-9-16-13-12(10)6-7-17(14(13)18)11-4-2-1-3-5-11;1-10-5-8-9-7(10)6-3-2-4-6/h1-7,9,16H;5-6H,2-4H2,1H3. The van der Waals surface area contributed by atoms with Crippen LogP contribution in [0.25, 0.3) is 16.6 Å². The number of hydrogen-bond donors (Lipinski definition) is 1. The van der Waals surface area contributed by atoms with Gasteiger partial charge in [0.15, 0.2) is 0 Å². The zero-order valence-electron chi connectivity index (χ0n) is 15.5. The quantitative estimate of drug-likeness (QED) is 0.584. The van der Waals surface area contributed by atoms with Crippen LogP contribution in [0.2, 0.25) is 0 Å². The van der Waals surface area contributed by atoms with E-state index in [1.54, 1.807) is 29.4 Å². The molecule has 3 heterocycles. The molecule has 4 aromatic rings. The average molecular weight is 372 g/mol. The first-order chi connectivity index (χ1) is 13.7. The van der Waals surface area contributed by atoms with E-state index in [4.69, 9.17) is 5.26 Å². The number of nitrogens with zero attached hydrogens (tertiary/aromatic N) is 5. The fourth-order valence-corrected chi connectivity index (χ4v) is 3.33. The minimum Gasteiger partial charge on any atom is -0.355 e. The topological polar surface area (TPSA) is 92.3 Å². The number of aromatic nitrogens is 5. The highest BCUT2D eigenvalue weighted by molar-refractivity contribution is 5.84. The van der Waals surface area contributed by atoms with Crippen molar-refractivity contribution in [3.63, 3.8) is 0 Å². The number of pyridine rings is 1. The van der Waals surface area contributed by atoms with Crippen molar-refractivity contribution in [2.24, 2.45) is 7.05 Å². The molecule has 1 saturated carbocycles. The second-order valence-corrected chi connectivity index (χ2v) is 6.86. The van der Waals surface area contributed by atoms with Crippen molar-refractivity contribution in [1.29, 1.82) is 5.26 Å². The maximum absolute atomic E-state index is 12.3. The van der Waals surface area contributed by atoms with Crippen LogP contribution in [0, 0.1) is 11.3 Å². The Morgan fingerprint density at radius 3 is 2.61 bits per heavy atom. The molecule has 0 unspecified atom stereocenters. The Balaban J connectivity index is 0.000000162. The lowest BCUT2D eigenvalue weighted by Gasteiger charge is -2.23. The zero-order chi connectivity index (χ0) is 19.5. The summed E-state index contributed by atoms with van der Waals surface area (Å²) >= 11 is 0. The number of fused-ring (bicyclic) bond motifs is 1. The molecule has 0 bridgehead atoms. The highest BCUT2D eigenvalue weighted by atomic mass is 16.1. The molecule has 0 spiro atoms. The van der Waals surface area contributed by atoms with Crippen LogP contribution < -0.4 is 5.56 Å². The van der Waals surface area contributed by atoms with E-state index < -0.39 is 0 Å². The lowest BCUT2D eigenvalue weighted by Crippen LogP contribution is -2.17. The van der Waals surface area contributed by atoms with E-state index in [9.17, 15) is 4.79 Å². The Kier molecular flexibility index (Phi) is 4.77. The van der Waals surface area contributed by atoms with Gasteiger partial charge < -0.3 is 9.55 Å². The van der Waals surface area contributed by atoms with Crippen LogP contribution in [0.5, 0.6) is 0 Å². The molecule has 5 rings (SSSR count). The summed E-state index contributed by atoms with van der Waals surface area (Å²) in [5.74, 6) is 1.86. The van der Waals surface area contributed by atoms with Crippen molar-refractivity contribution in [3.8, 4) is 11.8 Å². The highest BCUT2D eigenvalue weighted by Crippen LogP contribution is 2.34. The zero-order valence-corrected chi connectivity index (χ0v) is 15.5. The van der Waals surface area contributed by atoms with E-state index >= 15 is 0 Å². The second-order valence-electron chi connectivity index (χ2n) is 6.86. The summed E-state index contributed by atoms with van der Waals surface area (Å²) in [5, 5.41) is 17.5. The second kappa shape index (κ2) is 7.53. The van der Waals surface area contributed by atoms with Gasteiger partial charge >= 0.3 is 0 Å². The van der Waals surface area contributed by atoms with Crippen LogP contribution in [-0.2, 0) is 7.05 Å². The molecule has 140 valence electrons. The molecule has 0 atom stereocenters. The van der Waals surface area contributed by atoms with Gasteiger partial charge in [-0.3, -0.25) is 9.36 Å². The summed E-state index contributed by atoms with van der Waals surface area (Å²) in [6.45, 7) is 0. The lowest BCUT2D eigenvalue weighted by atomic mass is 9.85. The molecule has 0 amide bonds. The molecule has 0 radical (unpaired) electrons. The Morgan fingerprint density at radius 2 is 2.00 bits per heavy atom. The maximum atomic E-state index is 12.3. The minimum absolute atomic E-state index is 0.153. The summed E-state index contributed by atoms with van der Waals surface area (Å²) in [5.41, 5.74) is 1.60. The summed E-state index contributed by atoms with van der Waals surface area (Å²) in [6.07, 6.45) is 8.97. The monoisotopic (exact) mass is 372 g/mol. The van der Waals surface area contributed by atoms with Crippen LogP contribution in [0.3, 0.4) is 0 Å². The molecule has 7 heteroatoms. The minimum atomic E-state index is -0.153. The number of nitrogens with one attached hydrogen (secondary N) is 1. The van der Waals surface area contributed by atoms with Crippen molar-refractivity contribution >= 4 is 10.9 Å². The Morgan fingerprint density at radius 1 is 1.21 bits per heavy atom.